The zero-order chi connectivity index (χ0) is 15.2. The summed E-state index contributed by atoms with van der Waals surface area (Å²) in [6.45, 7) is 0.244. The van der Waals surface area contributed by atoms with Gasteiger partial charge in [-0.1, -0.05) is 48.5 Å². The Bertz CT molecular complexity index is 807. The number of amides is 1. The lowest BCUT2D eigenvalue weighted by molar-refractivity contribution is -0.684. The van der Waals surface area contributed by atoms with Gasteiger partial charge in [0.1, 0.15) is 0 Å². The van der Waals surface area contributed by atoms with Crippen molar-refractivity contribution in [2.24, 2.45) is 5.10 Å². The summed E-state index contributed by atoms with van der Waals surface area (Å²) in [5, 5.41) is 6.31. The number of carbonyl (C=O) groups is 1. The Balaban J connectivity index is 1.67. The normalized spacial score (nSPS) is 10.9. The predicted octanol–water partition coefficient (Wildman–Crippen LogP) is 2.28. The number of pyridine rings is 1. The summed E-state index contributed by atoms with van der Waals surface area (Å²) in [7, 11) is 0. The summed E-state index contributed by atoms with van der Waals surface area (Å²) in [6.07, 6.45) is 5.36. The second-order valence-corrected chi connectivity index (χ2v) is 4.91. The Morgan fingerprint density at radius 1 is 1.00 bits per heavy atom. The van der Waals surface area contributed by atoms with Crippen molar-refractivity contribution in [2.75, 3.05) is 0 Å². The highest BCUT2D eigenvalue weighted by Crippen LogP contribution is 2.16. The molecule has 4 nitrogen and oxygen atoms in total. The van der Waals surface area contributed by atoms with Crippen LogP contribution < -0.4 is 9.99 Å². The van der Waals surface area contributed by atoms with E-state index in [1.165, 1.54) is 0 Å². The quantitative estimate of drug-likeness (QED) is 0.447. The molecule has 0 saturated heterocycles. The van der Waals surface area contributed by atoms with E-state index in [1.807, 2.05) is 60.9 Å². The molecule has 2 aromatic carbocycles. The topological polar surface area (TPSA) is 45.3 Å². The van der Waals surface area contributed by atoms with Gasteiger partial charge in [-0.2, -0.15) is 9.67 Å². The molecule has 108 valence electrons. The minimum Gasteiger partial charge on any atom is -0.266 e. The lowest BCUT2D eigenvalue weighted by Gasteiger charge is -2.01. The smallest absolute Gasteiger partial charge is 0.266 e. The van der Waals surface area contributed by atoms with Crippen molar-refractivity contribution >= 4 is 22.9 Å². The number of carbonyl (C=O) groups excluding carboxylic acids is 1. The third-order valence-corrected chi connectivity index (χ3v) is 3.32. The summed E-state index contributed by atoms with van der Waals surface area (Å²) in [5.74, 6) is -0.160. The van der Waals surface area contributed by atoms with E-state index in [9.17, 15) is 4.79 Å². The maximum Gasteiger partial charge on any atom is 0.305 e. The van der Waals surface area contributed by atoms with Gasteiger partial charge < -0.3 is 0 Å². The molecule has 0 fully saturated rings. The fourth-order valence-corrected chi connectivity index (χ4v) is 2.28. The fraction of sp³-hybridized carbons (Fsp3) is 0.0556. The van der Waals surface area contributed by atoms with E-state index in [-0.39, 0.29) is 12.5 Å². The number of hydrogen-bond donors (Lipinski definition) is 1. The first-order chi connectivity index (χ1) is 10.8. The highest BCUT2D eigenvalue weighted by atomic mass is 16.2. The molecule has 0 atom stereocenters. The highest BCUT2D eigenvalue weighted by molar-refractivity contribution is 5.99. The molecule has 4 heteroatoms. The average Bonchev–Trinajstić information content (AvgIpc) is 2.56. The minimum absolute atomic E-state index is 0.160. The monoisotopic (exact) mass is 290 g/mol. The summed E-state index contributed by atoms with van der Waals surface area (Å²) in [6, 6.07) is 19.8. The SMILES string of the molecule is O=C(C[n+]1ccccc1)N/N=C/c1cccc2ccccc12. The second-order valence-electron chi connectivity index (χ2n) is 4.91. The van der Waals surface area contributed by atoms with Gasteiger partial charge in [0.15, 0.2) is 12.4 Å². The van der Waals surface area contributed by atoms with Crippen molar-refractivity contribution in [3.8, 4) is 0 Å². The summed E-state index contributed by atoms with van der Waals surface area (Å²) in [4.78, 5) is 11.8. The first-order valence-electron chi connectivity index (χ1n) is 7.07. The molecule has 1 aromatic heterocycles. The molecule has 0 bridgehead atoms. The van der Waals surface area contributed by atoms with Crippen LogP contribution >= 0.6 is 0 Å². The Morgan fingerprint density at radius 2 is 1.77 bits per heavy atom. The van der Waals surface area contributed by atoms with Crippen LogP contribution in [0.2, 0.25) is 0 Å². The van der Waals surface area contributed by atoms with Crippen molar-refractivity contribution in [3.63, 3.8) is 0 Å². The van der Waals surface area contributed by atoms with Crippen molar-refractivity contribution in [2.45, 2.75) is 6.54 Å². The molecule has 0 unspecified atom stereocenters. The lowest BCUT2D eigenvalue weighted by atomic mass is 10.1. The van der Waals surface area contributed by atoms with Crippen LogP contribution in [0.4, 0.5) is 0 Å². The number of rotatable bonds is 4. The molecule has 0 aliphatic carbocycles. The van der Waals surface area contributed by atoms with Crippen molar-refractivity contribution < 1.29 is 9.36 Å². The van der Waals surface area contributed by atoms with Gasteiger partial charge in [-0.3, -0.25) is 4.79 Å². The first-order valence-corrected chi connectivity index (χ1v) is 7.07. The van der Waals surface area contributed by atoms with Crippen LogP contribution in [0.5, 0.6) is 0 Å². The third-order valence-electron chi connectivity index (χ3n) is 3.32. The van der Waals surface area contributed by atoms with Crippen molar-refractivity contribution in [1.82, 2.24) is 5.43 Å². The fourth-order valence-electron chi connectivity index (χ4n) is 2.28. The van der Waals surface area contributed by atoms with Gasteiger partial charge in [0.2, 0.25) is 6.54 Å². The van der Waals surface area contributed by atoms with Crippen LogP contribution in [0.15, 0.2) is 78.2 Å². The Hall–Kier alpha value is -3.01. The van der Waals surface area contributed by atoms with Gasteiger partial charge in [0, 0.05) is 17.7 Å². The number of benzene rings is 2. The number of fused-ring (bicyclic) bond motifs is 1. The molecule has 0 spiro atoms. The van der Waals surface area contributed by atoms with Crippen LogP contribution in [0.3, 0.4) is 0 Å². The third kappa shape index (κ3) is 3.35. The molecule has 1 heterocycles. The minimum atomic E-state index is -0.160. The second kappa shape index (κ2) is 6.63. The maximum atomic E-state index is 11.8. The van der Waals surface area contributed by atoms with E-state index >= 15 is 0 Å². The molecular weight excluding hydrogens is 274 g/mol. The average molecular weight is 290 g/mol. The predicted molar refractivity (Wildman–Crippen MR) is 86.3 cm³/mol. The van der Waals surface area contributed by atoms with Crippen LogP contribution in [-0.4, -0.2) is 12.1 Å². The van der Waals surface area contributed by atoms with Gasteiger partial charge >= 0.3 is 5.91 Å². The molecule has 3 rings (SSSR count). The highest BCUT2D eigenvalue weighted by Gasteiger charge is 2.06. The maximum absolute atomic E-state index is 11.8. The molecule has 0 aliphatic heterocycles. The first kappa shape index (κ1) is 13.9. The van der Waals surface area contributed by atoms with E-state index in [0.717, 1.165) is 16.3 Å². The number of nitrogens with one attached hydrogen (secondary N) is 1. The number of aromatic nitrogens is 1. The number of hydrogen-bond acceptors (Lipinski definition) is 2. The largest absolute Gasteiger partial charge is 0.305 e. The number of hydrazone groups is 1. The zero-order valence-corrected chi connectivity index (χ0v) is 12.0. The Morgan fingerprint density at radius 3 is 2.64 bits per heavy atom. The van der Waals surface area contributed by atoms with Crippen molar-refractivity contribution in [3.05, 3.63) is 78.6 Å². The van der Waals surface area contributed by atoms with Gasteiger partial charge in [0.05, 0.1) is 6.21 Å². The summed E-state index contributed by atoms with van der Waals surface area (Å²) in [5.41, 5.74) is 3.53. The zero-order valence-electron chi connectivity index (χ0n) is 12.0. The molecular formula is C18H16N3O+. The Labute approximate surface area is 128 Å². The van der Waals surface area contributed by atoms with Crippen LogP contribution in [0.1, 0.15) is 5.56 Å². The van der Waals surface area contributed by atoms with E-state index in [4.69, 9.17) is 0 Å². The van der Waals surface area contributed by atoms with Crippen LogP contribution in [0.25, 0.3) is 10.8 Å². The van der Waals surface area contributed by atoms with Crippen molar-refractivity contribution in [1.29, 1.82) is 0 Å². The molecule has 0 saturated carbocycles. The molecule has 3 aromatic rings. The lowest BCUT2D eigenvalue weighted by Crippen LogP contribution is -2.40. The molecule has 1 amide bonds. The van der Waals surface area contributed by atoms with E-state index in [1.54, 1.807) is 10.8 Å². The summed E-state index contributed by atoms with van der Waals surface area (Å²) >= 11 is 0. The summed E-state index contributed by atoms with van der Waals surface area (Å²) < 4.78 is 1.79. The molecule has 1 N–H and O–H groups in total. The van der Waals surface area contributed by atoms with Crippen LogP contribution in [-0.2, 0) is 11.3 Å². The van der Waals surface area contributed by atoms with Gasteiger partial charge in [-0.25, -0.2) is 5.43 Å². The van der Waals surface area contributed by atoms with E-state index < -0.39 is 0 Å². The molecule has 22 heavy (non-hydrogen) atoms. The van der Waals surface area contributed by atoms with E-state index in [0.29, 0.717) is 0 Å². The standard InChI is InChI=1S/C18H15N3O/c22-18(14-21-11-4-1-5-12-21)20-19-13-16-9-6-8-15-7-2-3-10-17(15)16/h1-13H,14H2/p+1/b19-13+. The van der Waals surface area contributed by atoms with E-state index in [2.05, 4.69) is 22.7 Å². The Kier molecular flexibility index (Phi) is 4.20. The molecule has 0 radical (unpaired) electrons. The van der Waals surface area contributed by atoms with Gasteiger partial charge in [-0.15, -0.1) is 0 Å². The molecule has 0 aliphatic rings. The number of nitrogens with zero attached hydrogens (tertiary/aromatic N) is 2. The van der Waals surface area contributed by atoms with Crippen LogP contribution in [0, 0.1) is 0 Å². The van der Waals surface area contributed by atoms with Gasteiger partial charge in [0.25, 0.3) is 0 Å². The van der Waals surface area contributed by atoms with Gasteiger partial charge in [-0.05, 0) is 10.8 Å².